The molecule has 1 N–H and O–H groups in total. The van der Waals surface area contributed by atoms with Gasteiger partial charge in [-0.3, -0.25) is 14.6 Å². The summed E-state index contributed by atoms with van der Waals surface area (Å²) in [6.45, 7) is 0.763. The molecule has 0 aromatic carbocycles. The van der Waals surface area contributed by atoms with Crippen molar-refractivity contribution in [2.75, 3.05) is 6.54 Å². The first-order valence-electron chi connectivity index (χ1n) is 7.07. The van der Waals surface area contributed by atoms with Crippen molar-refractivity contribution in [2.45, 2.75) is 44.6 Å². The predicted octanol–water partition coefficient (Wildman–Crippen LogP) is 1.87. The number of pyridine rings is 1. The second kappa shape index (κ2) is 7.03. The average Bonchev–Trinajstić information content (AvgIpc) is 2.92. The number of aliphatic carboxylic acids is 1. The zero-order chi connectivity index (χ0) is 14.4. The molecule has 5 heteroatoms. The Balaban J connectivity index is 1.84. The molecule has 2 rings (SSSR count). The van der Waals surface area contributed by atoms with Gasteiger partial charge in [0.25, 0.3) is 0 Å². The summed E-state index contributed by atoms with van der Waals surface area (Å²) in [5.41, 5.74) is 1.23. The standard InChI is InChI=1S/C15H20N2O3/c18-14(5-6-15(19)20)17-11-1-2-13(17)4-3-12-7-9-16-10-8-12/h7-10,13H,1-6,11H2,(H,19,20)/t13-/m1/s1. The summed E-state index contributed by atoms with van der Waals surface area (Å²) in [4.78, 5) is 28.4. The first-order valence-corrected chi connectivity index (χ1v) is 7.07. The highest BCUT2D eigenvalue weighted by Gasteiger charge is 2.28. The molecule has 1 atom stereocenters. The Morgan fingerprint density at radius 2 is 2.05 bits per heavy atom. The van der Waals surface area contributed by atoms with Crippen LogP contribution in [-0.2, 0) is 16.0 Å². The van der Waals surface area contributed by atoms with Gasteiger partial charge in [0, 0.05) is 31.4 Å². The van der Waals surface area contributed by atoms with Gasteiger partial charge in [-0.15, -0.1) is 0 Å². The van der Waals surface area contributed by atoms with Crippen LogP contribution >= 0.6 is 0 Å². The number of rotatable bonds is 6. The molecule has 20 heavy (non-hydrogen) atoms. The number of aryl methyl sites for hydroxylation is 1. The van der Waals surface area contributed by atoms with E-state index < -0.39 is 5.97 Å². The molecule has 0 aliphatic carbocycles. The number of carboxylic acids is 1. The van der Waals surface area contributed by atoms with E-state index in [4.69, 9.17) is 5.11 Å². The van der Waals surface area contributed by atoms with Gasteiger partial charge in [-0.2, -0.15) is 0 Å². The number of likely N-dealkylation sites (tertiary alicyclic amines) is 1. The Bertz CT molecular complexity index is 461. The van der Waals surface area contributed by atoms with Crippen molar-refractivity contribution in [3.8, 4) is 0 Å². The van der Waals surface area contributed by atoms with Crippen LogP contribution in [0, 0.1) is 0 Å². The number of hydrogen-bond donors (Lipinski definition) is 1. The van der Waals surface area contributed by atoms with Gasteiger partial charge in [0.1, 0.15) is 0 Å². The highest BCUT2D eigenvalue weighted by atomic mass is 16.4. The Morgan fingerprint density at radius 3 is 2.75 bits per heavy atom. The number of nitrogens with zero attached hydrogens (tertiary/aromatic N) is 2. The molecule has 0 saturated carbocycles. The molecule has 1 fully saturated rings. The maximum Gasteiger partial charge on any atom is 0.303 e. The van der Waals surface area contributed by atoms with E-state index in [1.807, 2.05) is 17.0 Å². The SMILES string of the molecule is O=C(O)CCC(=O)N1CCC[C@@H]1CCc1ccncc1. The van der Waals surface area contributed by atoms with Crippen molar-refractivity contribution in [1.82, 2.24) is 9.88 Å². The molecule has 0 radical (unpaired) electrons. The van der Waals surface area contributed by atoms with Crippen LogP contribution in [-0.4, -0.2) is 39.5 Å². The van der Waals surface area contributed by atoms with E-state index in [-0.39, 0.29) is 24.8 Å². The summed E-state index contributed by atoms with van der Waals surface area (Å²) in [5.74, 6) is -0.935. The molecule has 1 amide bonds. The normalized spacial score (nSPS) is 18.2. The third kappa shape index (κ3) is 4.05. The van der Waals surface area contributed by atoms with Crippen LogP contribution in [0.5, 0.6) is 0 Å². The highest BCUT2D eigenvalue weighted by molar-refractivity contribution is 5.81. The molecular formula is C15H20N2O3. The van der Waals surface area contributed by atoms with E-state index in [2.05, 4.69) is 4.98 Å². The van der Waals surface area contributed by atoms with Crippen LogP contribution in [0.25, 0.3) is 0 Å². The zero-order valence-electron chi connectivity index (χ0n) is 11.5. The van der Waals surface area contributed by atoms with Gasteiger partial charge in [0.05, 0.1) is 6.42 Å². The predicted molar refractivity (Wildman–Crippen MR) is 74.2 cm³/mol. The first kappa shape index (κ1) is 14.5. The van der Waals surface area contributed by atoms with Crippen LogP contribution < -0.4 is 0 Å². The van der Waals surface area contributed by atoms with Gasteiger partial charge >= 0.3 is 5.97 Å². The smallest absolute Gasteiger partial charge is 0.303 e. The fraction of sp³-hybridized carbons (Fsp3) is 0.533. The summed E-state index contributed by atoms with van der Waals surface area (Å²) < 4.78 is 0. The molecule has 0 bridgehead atoms. The van der Waals surface area contributed by atoms with E-state index in [1.54, 1.807) is 12.4 Å². The number of hydrogen-bond acceptors (Lipinski definition) is 3. The lowest BCUT2D eigenvalue weighted by atomic mass is 10.0. The maximum atomic E-state index is 12.0. The van der Waals surface area contributed by atoms with Crippen LogP contribution in [0.3, 0.4) is 0 Å². The number of carbonyl (C=O) groups excluding carboxylic acids is 1. The Kier molecular flexibility index (Phi) is 5.09. The Hall–Kier alpha value is -1.91. The Labute approximate surface area is 118 Å². The van der Waals surface area contributed by atoms with E-state index in [1.165, 1.54) is 5.56 Å². The molecule has 0 unspecified atom stereocenters. The number of aromatic nitrogens is 1. The molecule has 1 aromatic heterocycles. The minimum absolute atomic E-state index is 0.0235. The first-order chi connectivity index (χ1) is 9.66. The lowest BCUT2D eigenvalue weighted by Crippen LogP contribution is -2.35. The molecule has 1 saturated heterocycles. The summed E-state index contributed by atoms with van der Waals surface area (Å²) in [6.07, 6.45) is 7.48. The van der Waals surface area contributed by atoms with Crippen molar-refractivity contribution in [1.29, 1.82) is 0 Å². The minimum atomic E-state index is -0.911. The van der Waals surface area contributed by atoms with Crippen molar-refractivity contribution >= 4 is 11.9 Å². The number of carbonyl (C=O) groups is 2. The van der Waals surface area contributed by atoms with Gasteiger partial charge < -0.3 is 10.0 Å². The molecule has 1 aliphatic rings. The molecule has 1 aliphatic heterocycles. The Morgan fingerprint density at radius 1 is 1.30 bits per heavy atom. The lowest BCUT2D eigenvalue weighted by Gasteiger charge is -2.24. The van der Waals surface area contributed by atoms with Crippen LogP contribution in [0.15, 0.2) is 24.5 Å². The monoisotopic (exact) mass is 276 g/mol. The molecule has 5 nitrogen and oxygen atoms in total. The fourth-order valence-electron chi connectivity index (χ4n) is 2.70. The van der Waals surface area contributed by atoms with E-state index in [9.17, 15) is 9.59 Å². The summed E-state index contributed by atoms with van der Waals surface area (Å²) in [7, 11) is 0. The average molecular weight is 276 g/mol. The molecule has 1 aromatic rings. The summed E-state index contributed by atoms with van der Waals surface area (Å²) in [6, 6.07) is 4.24. The largest absolute Gasteiger partial charge is 0.481 e. The van der Waals surface area contributed by atoms with Crippen molar-refractivity contribution in [3.05, 3.63) is 30.1 Å². The van der Waals surface area contributed by atoms with Crippen LogP contribution in [0.1, 0.15) is 37.7 Å². The number of amides is 1. The summed E-state index contributed by atoms with van der Waals surface area (Å²) in [5, 5.41) is 8.65. The highest BCUT2D eigenvalue weighted by Crippen LogP contribution is 2.22. The van der Waals surface area contributed by atoms with Gasteiger partial charge in [-0.05, 0) is 43.4 Å². The topological polar surface area (TPSA) is 70.5 Å². The summed E-state index contributed by atoms with van der Waals surface area (Å²) >= 11 is 0. The van der Waals surface area contributed by atoms with Crippen LogP contribution in [0.4, 0.5) is 0 Å². The molecule has 108 valence electrons. The third-order valence-corrected chi connectivity index (χ3v) is 3.77. The van der Waals surface area contributed by atoms with Gasteiger partial charge in [-0.1, -0.05) is 0 Å². The molecule has 0 spiro atoms. The second-order valence-corrected chi connectivity index (χ2v) is 5.17. The third-order valence-electron chi connectivity index (χ3n) is 3.77. The fourth-order valence-corrected chi connectivity index (χ4v) is 2.70. The van der Waals surface area contributed by atoms with Gasteiger partial charge in [-0.25, -0.2) is 0 Å². The molecular weight excluding hydrogens is 256 g/mol. The second-order valence-electron chi connectivity index (χ2n) is 5.17. The minimum Gasteiger partial charge on any atom is -0.481 e. The van der Waals surface area contributed by atoms with Crippen molar-refractivity contribution in [3.63, 3.8) is 0 Å². The van der Waals surface area contributed by atoms with Gasteiger partial charge in [0.15, 0.2) is 0 Å². The van der Waals surface area contributed by atoms with Crippen LogP contribution in [0.2, 0.25) is 0 Å². The van der Waals surface area contributed by atoms with Gasteiger partial charge in [0.2, 0.25) is 5.91 Å². The lowest BCUT2D eigenvalue weighted by molar-refractivity contribution is -0.141. The van der Waals surface area contributed by atoms with Crippen molar-refractivity contribution < 1.29 is 14.7 Å². The zero-order valence-corrected chi connectivity index (χ0v) is 11.5. The van der Waals surface area contributed by atoms with E-state index in [0.717, 1.165) is 32.2 Å². The quantitative estimate of drug-likeness (QED) is 0.861. The van der Waals surface area contributed by atoms with Crippen molar-refractivity contribution in [2.24, 2.45) is 0 Å². The molecule has 2 heterocycles. The maximum absolute atomic E-state index is 12.0. The number of carboxylic acid groups (broad SMARTS) is 1. The van der Waals surface area contributed by atoms with E-state index >= 15 is 0 Å². The van der Waals surface area contributed by atoms with E-state index in [0.29, 0.717) is 0 Å².